The zero-order valence-electron chi connectivity index (χ0n) is 8.51. The number of benzene rings is 1. The number of rotatable bonds is 1. The van der Waals surface area contributed by atoms with Crippen LogP contribution in [-0.2, 0) is 13.0 Å². The van der Waals surface area contributed by atoms with E-state index in [0.717, 1.165) is 29.7 Å². The van der Waals surface area contributed by atoms with E-state index in [1.54, 1.807) is 7.11 Å². The van der Waals surface area contributed by atoms with E-state index in [0.29, 0.717) is 0 Å². The van der Waals surface area contributed by atoms with Crippen molar-refractivity contribution in [3.8, 4) is 5.75 Å². The first kappa shape index (κ1) is 9.99. The van der Waals surface area contributed by atoms with Gasteiger partial charge in [-0.15, -0.1) is 0 Å². The van der Waals surface area contributed by atoms with Crippen LogP contribution in [0.3, 0.4) is 0 Å². The van der Waals surface area contributed by atoms with Crippen molar-refractivity contribution in [3.63, 3.8) is 0 Å². The number of ether oxygens (including phenoxy) is 1. The Bertz CT molecular complexity index is 351. The molecule has 2 nitrogen and oxygen atoms in total. The average Bonchev–Trinajstić information content (AvgIpc) is 2.15. The van der Waals surface area contributed by atoms with E-state index in [2.05, 4.69) is 33.9 Å². The van der Waals surface area contributed by atoms with E-state index >= 15 is 0 Å². The van der Waals surface area contributed by atoms with Crippen LogP contribution in [0.15, 0.2) is 16.6 Å². The highest BCUT2D eigenvalue weighted by Gasteiger charge is 2.17. The highest BCUT2D eigenvalue weighted by molar-refractivity contribution is 9.10. The topological polar surface area (TPSA) is 12.5 Å². The van der Waals surface area contributed by atoms with Crippen LogP contribution in [0.5, 0.6) is 5.75 Å². The zero-order valence-corrected chi connectivity index (χ0v) is 10.1. The number of nitrogens with zero attached hydrogens (tertiary/aromatic N) is 1. The van der Waals surface area contributed by atoms with Gasteiger partial charge < -0.3 is 9.64 Å². The number of likely N-dealkylation sites (N-methyl/N-ethyl adjacent to an activating group) is 1. The van der Waals surface area contributed by atoms with Gasteiger partial charge in [-0.25, -0.2) is 0 Å². The van der Waals surface area contributed by atoms with Gasteiger partial charge in [0, 0.05) is 17.6 Å². The molecule has 2 rings (SSSR count). The first-order valence-corrected chi connectivity index (χ1v) is 5.54. The minimum Gasteiger partial charge on any atom is -0.496 e. The fourth-order valence-electron chi connectivity index (χ4n) is 1.95. The molecular weight excluding hydrogens is 242 g/mol. The predicted octanol–water partition coefficient (Wildman–Crippen LogP) is 2.45. The number of hydrogen-bond donors (Lipinski definition) is 0. The molecule has 0 spiro atoms. The third-order valence-electron chi connectivity index (χ3n) is 2.67. The van der Waals surface area contributed by atoms with Crippen LogP contribution in [0, 0.1) is 0 Å². The lowest BCUT2D eigenvalue weighted by Gasteiger charge is -2.26. The molecule has 0 N–H and O–H groups in total. The molecule has 3 heteroatoms. The zero-order chi connectivity index (χ0) is 10.1. The van der Waals surface area contributed by atoms with E-state index in [1.807, 2.05) is 6.07 Å². The van der Waals surface area contributed by atoms with Gasteiger partial charge in [0.15, 0.2) is 0 Å². The third kappa shape index (κ3) is 1.79. The first-order chi connectivity index (χ1) is 6.70. The summed E-state index contributed by atoms with van der Waals surface area (Å²) in [7, 11) is 3.89. The van der Waals surface area contributed by atoms with Crippen molar-refractivity contribution in [2.75, 3.05) is 20.7 Å². The van der Waals surface area contributed by atoms with E-state index in [1.165, 1.54) is 11.1 Å². The maximum absolute atomic E-state index is 5.38. The molecule has 1 aliphatic heterocycles. The summed E-state index contributed by atoms with van der Waals surface area (Å²) in [6.07, 6.45) is 1.09. The summed E-state index contributed by atoms with van der Waals surface area (Å²) in [5, 5.41) is 0. The molecule has 1 heterocycles. The molecular formula is C11H14BrNO. The minimum atomic E-state index is 1.02. The van der Waals surface area contributed by atoms with Crippen molar-refractivity contribution in [1.29, 1.82) is 0 Å². The van der Waals surface area contributed by atoms with Gasteiger partial charge >= 0.3 is 0 Å². The maximum Gasteiger partial charge on any atom is 0.123 e. The minimum absolute atomic E-state index is 1.02. The van der Waals surface area contributed by atoms with Crippen LogP contribution in [-0.4, -0.2) is 25.6 Å². The number of fused-ring (bicyclic) bond motifs is 1. The second-order valence-electron chi connectivity index (χ2n) is 3.73. The summed E-state index contributed by atoms with van der Waals surface area (Å²) >= 11 is 3.50. The van der Waals surface area contributed by atoms with Crippen molar-refractivity contribution in [2.45, 2.75) is 13.0 Å². The fraction of sp³-hybridized carbons (Fsp3) is 0.455. The molecule has 0 saturated carbocycles. The Labute approximate surface area is 93.0 Å². The Balaban J connectivity index is 2.46. The van der Waals surface area contributed by atoms with Crippen LogP contribution >= 0.6 is 15.9 Å². The normalized spacial score (nSPS) is 16.5. The molecule has 0 unspecified atom stereocenters. The van der Waals surface area contributed by atoms with Crippen molar-refractivity contribution < 1.29 is 4.74 Å². The second-order valence-corrected chi connectivity index (χ2v) is 4.65. The molecule has 76 valence electrons. The van der Waals surface area contributed by atoms with Gasteiger partial charge in [0.25, 0.3) is 0 Å². The molecule has 0 aromatic heterocycles. The van der Waals surface area contributed by atoms with Gasteiger partial charge in [-0.3, -0.25) is 0 Å². The Morgan fingerprint density at radius 3 is 2.93 bits per heavy atom. The SMILES string of the molecule is COc1cc(Br)cc2c1CCN(C)C2. The number of hydrogen-bond acceptors (Lipinski definition) is 2. The average molecular weight is 256 g/mol. The Hall–Kier alpha value is -0.540. The molecule has 0 aliphatic carbocycles. The Morgan fingerprint density at radius 1 is 1.43 bits per heavy atom. The van der Waals surface area contributed by atoms with Crippen LogP contribution in [0.2, 0.25) is 0 Å². The largest absolute Gasteiger partial charge is 0.496 e. The molecule has 0 bridgehead atoms. The smallest absolute Gasteiger partial charge is 0.123 e. The highest BCUT2D eigenvalue weighted by Crippen LogP contribution is 2.31. The first-order valence-electron chi connectivity index (χ1n) is 4.74. The van der Waals surface area contributed by atoms with Crippen molar-refractivity contribution in [3.05, 3.63) is 27.7 Å². The molecule has 1 aromatic carbocycles. The summed E-state index contributed by atoms with van der Waals surface area (Å²) in [5.74, 6) is 1.02. The molecule has 0 fully saturated rings. The number of methoxy groups -OCH3 is 1. The molecule has 0 amide bonds. The van der Waals surface area contributed by atoms with Crippen molar-refractivity contribution in [2.24, 2.45) is 0 Å². The molecule has 1 aromatic rings. The van der Waals surface area contributed by atoms with Gasteiger partial charge in [-0.2, -0.15) is 0 Å². The predicted molar refractivity (Wildman–Crippen MR) is 60.7 cm³/mol. The summed E-state index contributed by atoms with van der Waals surface area (Å²) < 4.78 is 6.48. The van der Waals surface area contributed by atoms with E-state index < -0.39 is 0 Å². The second kappa shape index (κ2) is 3.91. The van der Waals surface area contributed by atoms with Crippen LogP contribution in [0.1, 0.15) is 11.1 Å². The van der Waals surface area contributed by atoms with Crippen molar-refractivity contribution in [1.82, 2.24) is 4.90 Å². The molecule has 14 heavy (non-hydrogen) atoms. The van der Waals surface area contributed by atoms with Gasteiger partial charge in [0.2, 0.25) is 0 Å². The van der Waals surface area contributed by atoms with Gasteiger partial charge in [-0.1, -0.05) is 15.9 Å². The standard InChI is InChI=1S/C11H14BrNO/c1-13-4-3-10-8(7-13)5-9(12)6-11(10)14-2/h5-6H,3-4,7H2,1-2H3. The lowest BCUT2D eigenvalue weighted by Crippen LogP contribution is -2.26. The maximum atomic E-state index is 5.38. The molecule has 0 atom stereocenters. The summed E-state index contributed by atoms with van der Waals surface area (Å²) in [6, 6.07) is 4.23. The summed E-state index contributed by atoms with van der Waals surface area (Å²) in [4.78, 5) is 2.33. The van der Waals surface area contributed by atoms with Crippen LogP contribution in [0.25, 0.3) is 0 Å². The van der Waals surface area contributed by atoms with Gasteiger partial charge in [0.05, 0.1) is 7.11 Å². The Morgan fingerprint density at radius 2 is 2.21 bits per heavy atom. The Kier molecular flexibility index (Phi) is 2.79. The summed E-state index contributed by atoms with van der Waals surface area (Å²) in [5.41, 5.74) is 2.75. The van der Waals surface area contributed by atoms with Crippen molar-refractivity contribution >= 4 is 15.9 Å². The third-order valence-corrected chi connectivity index (χ3v) is 3.13. The van der Waals surface area contributed by atoms with Crippen LogP contribution < -0.4 is 4.74 Å². The summed E-state index contributed by atoms with van der Waals surface area (Å²) in [6.45, 7) is 2.14. The quantitative estimate of drug-likeness (QED) is 0.765. The van der Waals surface area contributed by atoms with E-state index in [-0.39, 0.29) is 0 Å². The molecule has 0 saturated heterocycles. The molecule has 0 radical (unpaired) electrons. The van der Waals surface area contributed by atoms with E-state index in [4.69, 9.17) is 4.74 Å². The number of halogens is 1. The lowest BCUT2D eigenvalue weighted by atomic mass is 9.99. The van der Waals surface area contributed by atoms with Crippen LogP contribution in [0.4, 0.5) is 0 Å². The van der Waals surface area contributed by atoms with Gasteiger partial charge in [-0.05, 0) is 36.7 Å². The highest BCUT2D eigenvalue weighted by atomic mass is 79.9. The lowest BCUT2D eigenvalue weighted by molar-refractivity contribution is 0.306. The molecule has 1 aliphatic rings. The van der Waals surface area contributed by atoms with E-state index in [9.17, 15) is 0 Å². The fourth-order valence-corrected chi connectivity index (χ4v) is 2.43. The van der Waals surface area contributed by atoms with Gasteiger partial charge in [0.1, 0.15) is 5.75 Å². The monoisotopic (exact) mass is 255 g/mol.